The van der Waals surface area contributed by atoms with Gasteiger partial charge in [0.05, 0.1) is 5.56 Å². The van der Waals surface area contributed by atoms with Crippen molar-refractivity contribution in [3.63, 3.8) is 0 Å². The van der Waals surface area contributed by atoms with Crippen LogP contribution in [0.2, 0.25) is 0 Å². The van der Waals surface area contributed by atoms with Gasteiger partial charge in [-0.3, -0.25) is 4.79 Å². The van der Waals surface area contributed by atoms with E-state index in [1.165, 1.54) is 0 Å². The Balaban J connectivity index is 1.82. The van der Waals surface area contributed by atoms with Gasteiger partial charge in [-0.2, -0.15) is 5.26 Å². The average molecular weight is 289 g/mol. The number of hydrogen-bond acceptors (Lipinski definition) is 2. The van der Waals surface area contributed by atoms with E-state index in [-0.39, 0.29) is 12.5 Å². The summed E-state index contributed by atoms with van der Waals surface area (Å²) in [5, 5.41) is 12.9. The number of hydrogen-bond donors (Lipinski definition) is 1. The maximum atomic E-state index is 12.2. The predicted octanol–water partition coefficient (Wildman–Crippen LogP) is 3.46. The van der Waals surface area contributed by atoms with E-state index in [0.717, 1.165) is 22.2 Å². The van der Waals surface area contributed by atoms with E-state index in [0.29, 0.717) is 5.56 Å². The lowest BCUT2D eigenvalue weighted by Crippen LogP contribution is -2.18. The molecule has 0 saturated carbocycles. The van der Waals surface area contributed by atoms with Gasteiger partial charge in [0.15, 0.2) is 0 Å². The summed E-state index contributed by atoms with van der Waals surface area (Å²) in [5.74, 6) is -0.117. The third-order valence-corrected chi connectivity index (χ3v) is 3.56. The summed E-state index contributed by atoms with van der Waals surface area (Å²) >= 11 is 0. The smallest absolute Gasteiger partial charge is 0.244 e. The van der Waals surface area contributed by atoms with E-state index in [1.807, 2.05) is 55.5 Å². The van der Waals surface area contributed by atoms with Gasteiger partial charge in [-0.15, -0.1) is 0 Å². The highest BCUT2D eigenvalue weighted by molar-refractivity contribution is 5.93. The van der Waals surface area contributed by atoms with Gasteiger partial charge in [-0.1, -0.05) is 35.9 Å². The number of rotatable bonds is 3. The Bertz CT molecular complexity index is 869. The Morgan fingerprint density at radius 1 is 1.18 bits per heavy atom. The highest BCUT2D eigenvalue weighted by Gasteiger charge is 2.10. The number of aromatic nitrogens is 1. The van der Waals surface area contributed by atoms with Crippen LogP contribution in [0.3, 0.4) is 0 Å². The van der Waals surface area contributed by atoms with Crippen LogP contribution in [0.1, 0.15) is 11.1 Å². The maximum Gasteiger partial charge on any atom is 0.244 e. The molecule has 1 aromatic heterocycles. The first-order chi connectivity index (χ1) is 10.7. The molecule has 1 heterocycles. The van der Waals surface area contributed by atoms with E-state index in [2.05, 4.69) is 11.4 Å². The molecule has 0 atom stereocenters. The first-order valence-electron chi connectivity index (χ1n) is 7.02. The Morgan fingerprint density at radius 2 is 1.91 bits per heavy atom. The molecule has 22 heavy (non-hydrogen) atoms. The zero-order valence-electron chi connectivity index (χ0n) is 12.2. The lowest BCUT2D eigenvalue weighted by molar-refractivity contribution is -0.116. The van der Waals surface area contributed by atoms with Gasteiger partial charge in [0.2, 0.25) is 5.91 Å². The third kappa shape index (κ3) is 2.70. The van der Waals surface area contributed by atoms with E-state index in [1.54, 1.807) is 10.8 Å². The Morgan fingerprint density at radius 3 is 2.64 bits per heavy atom. The zero-order chi connectivity index (χ0) is 15.5. The van der Waals surface area contributed by atoms with Crippen molar-refractivity contribution in [3.05, 3.63) is 65.9 Å². The van der Waals surface area contributed by atoms with Crippen molar-refractivity contribution in [1.82, 2.24) is 4.57 Å². The van der Waals surface area contributed by atoms with Crippen LogP contribution in [0.4, 0.5) is 5.69 Å². The molecule has 0 saturated heterocycles. The van der Waals surface area contributed by atoms with E-state index >= 15 is 0 Å². The fourth-order valence-corrected chi connectivity index (χ4v) is 2.46. The number of aryl methyl sites for hydroxylation is 1. The number of nitrogens with one attached hydrogen (secondary N) is 1. The highest BCUT2D eigenvalue weighted by Crippen LogP contribution is 2.20. The van der Waals surface area contributed by atoms with Gasteiger partial charge in [0.25, 0.3) is 0 Å². The summed E-state index contributed by atoms with van der Waals surface area (Å²) in [6, 6.07) is 17.4. The third-order valence-electron chi connectivity index (χ3n) is 3.56. The average Bonchev–Trinajstić information content (AvgIpc) is 2.88. The van der Waals surface area contributed by atoms with E-state index in [9.17, 15) is 10.1 Å². The van der Waals surface area contributed by atoms with Crippen molar-refractivity contribution < 1.29 is 4.79 Å². The molecule has 0 aliphatic carbocycles. The molecule has 0 bridgehead atoms. The zero-order valence-corrected chi connectivity index (χ0v) is 12.2. The number of nitriles is 1. The van der Waals surface area contributed by atoms with Crippen LogP contribution in [0, 0.1) is 18.3 Å². The molecule has 3 rings (SSSR count). The van der Waals surface area contributed by atoms with Crippen molar-refractivity contribution in [2.75, 3.05) is 5.32 Å². The van der Waals surface area contributed by atoms with Gasteiger partial charge in [0.1, 0.15) is 12.6 Å². The molecule has 1 N–H and O–H groups in total. The lowest BCUT2D eigenvalue weighted by atomic mass is 10.2. The van der Waals surface area contributed by atoms with Crippen molar-refractivity contribution >= 4 is 22.5 Å². The van der Waals surface area contributed by atoms with Crippen LogP contribution in [-0.2, 0) is 11.3 Å². The second-order valence-electron chi connectivity index (χ2n) is 5.21. The molecule has 108 valence electrons. The summed E-state index contributed by atoms with van der Waals surface area (Å²) < 4.78 is 1.80. The number of amides is 1. The van der Waals surface area contributed by atoms with E-state index < -0.39 is 0 Å². The first-order valence-corrected chi connectivity index (χ1v) is 7.02. The van der Waals surface area contributed by atoms with Crippen molar-refractivity contribution in [2.24, 2.45) is 0 Å². The molecule has 0 radical (unpaired) electrons. The Hall–Kier alpha value is -3.06. The van der Waals surface area contributed by atoms with Gasteiger partial charge in [-0.05, 0) is 25.1 Å². The van der Waals surface area contributed by atoms with Crippen LogP contribution in [0.25, 0.3) is 10.9 Å². The molecule has 0 aliphatic heterocycles. The second-order valence-corrected chi connectivity index (χ2v) is 5.21. The SMILES string of the molecule is Cc1ccc(NC(=O)Cn2cc(C#N)c3ccccc32)cc1. The van der Waals surface area contributed by atoms with Crippen LogP contribution < -0.4 is 5.32 Å². The lowest BCUT2D eigenvalue weighted by Gasteiger charge is -2.07. The van der Waals surface area contributed by atoms with Crippen LogP contribution in [-0.4, -0.2) is 10.5 Å². The quantitative estimate of drug-likeness (QED) is 0.802. The molecule has 1 amide bonds. The summed E-state index contributed by atoms with van der Waals surface area (Å²) in [6.07, 6.45) is 1.72. The minimum absolute atomic E-state index is 0.117. The molecule has 0 aliphatic rings. The van der Waals surface area contributed by atoms with Crippen LogP contribution in [0.15, 0.2) is 54.7 Å². The van der Waals surface area contributed by atoms with Gasteiger partial charge < -0.3 is 9.88 Å². The first kappa shape index (κ1) is 13.9. The number of benzene rings is 2. The summed E-state index contributed by atoms with van der Waals surface area (Å²) in [4.78, 5) is 12.2. The largest absolute Gasteiger partial charge is 0.337 e. The molecular weight excluding hydrogens is 274 g/mol. The monoisotopic (exact) mass is 289 g/mol. The molecule has 2 aromatic carbocycles. The molecule has 4 nitrogen and oxygen atoms in total. The predicted molar refractivity (Wildman–Crippen MR) is 86.5 cm³/mol. The minimum atomic E-state index is -0.117. The molecule has 0 spiro atoms. The van der Waals surface area contributed by atoms with Gasteiger partial charge in [0, 0.05) is 22.8 Å². The normalized spacial score (nSPS) is 10.4. The van der Waals surface area contributed by atoms with Crippen molar-refractivity contribution in [1.29, 1.82) is 5.26 Å². The number of anilines is 1. The maximum absolute atomic E-state index is 12.2. The Labute approximate surface area is 128 Å². The number of carbonyl (C=O) groups excluding carboxylic acids is 1. The van der Waals surface area contributed by atoms with Crippen molar-refractivity contribution in [2.45, 2.75) is 13.5 Å². The van der Waals surface area contributed by atoms with Crippen LogP contribution in [0.5, 0.6) is 0 Å². The summed E-state index contributed by atoms with van der Waals surface area (Å²) in [6.45, 7) is 2.18. The fraction of sp³-hybridized carbons (Fsp3) is 0.111. The molecule has 0 unspecified atom stereocenters. The molecule has 4 heteroatoms. The Kier molecular flexibility index (Phi) is 3.63. The van der Waals surface area contributed by atoms with Crippen LogP contribution >= 0.6 is 0 Å². The number of nitrogens with zero attached hydrogens (tertiary/aromatic N) is 2. The fourth-order valence-electron chi connectivity index (χ4n) is 2.46. The minimum Gasteiger partial charge on any atom is -0.337 e. The number of para-hydroxylation sites is 1. The standard InChI is InChI=1S/C18H15N3O/c1-13-6-8-15(9-7-13)20-18(22)12-21-11-14(10-19)16-4-2-3-5-17(16)21/h2-9,11H,12H2,1H3,(H,20,22). The molecule has 3 aromatic rings. The molecular formula is C18H15N3O. The topological polar surface area (TPSA) is 57.8 Å². The highest BCUT2D eigenvalue weighted by atomic mass is 16.1. The number of fused-ring (bicyclic) bond motifs is 1. The van der Waals surface area contributed by atoms with Crippen molar-refractivity contribution in [3.8, 4) is 6.07 Å². The van der Waals surface area contributed by atoms with E-state index in [4.69, 9.17) is 0 Å². The van der Waals surface area contributed by atoms with Gasteiger partial charge >= 0.3 is 0 Å². The summed E-state index contributed by atoms with van der Waals surface area (Å²) in [5.41, 5.74) is 3.39. The molecule has 0 fully saturated rings. The number of carbonyl (C=O) groups is 1. The summed E-state index contributed by atoms with van der Waals surface area (Å²) in [7, 11) is 0. The van der Waals surface area contributed by atoms with Gasteiger partial charge in [-0.25, -0.2) is 0 Å². The second kappa shape index (κ2) is 5.74.